The third-order valence-corrected chi connectivity index (χ3v) is 7.18. The van der Waals surface area contributed by atoms with Gasteiger partial charge in [0, 0.05) is 5.69 Å². The molecule has 5 rings (SSSR count). The van der Waals surface area contributed by atoms with E-state index in [0.29, 0.717) is 39.6 Å². The van der Waals surface area contributed by atoms with Crippen molar-refractivity contribution in [2.75, 3.05) is 9.80 Å². The fourth-order valence-electron chi connectivity index (χ4n) is 4.39. The second-order valence-corrected chi connectivity index (χ2v) is 10.4. The summed E-state index contributed by atoms with van der Waals surface area (Å²) < 4.78 is 83.8. The highest BCUT2D eigenvalue weighted by atomic mass is 32.2. The number of fused-ring (bicyclic) bond motifs is 1. The smallest absolute Gasteiger partial charge is 0.416 e. The molecule has 15 heteroatoms. The lowest BCUT2D eigenvalue weighted by molar-refractivity contribution is -0.137. The number of primary amides is 1. The average Bonchev–Trinajstić information content (AvgIpc) is 3.38. The molecule has 41 heavy (non-hydrogen) atoms. The molecule has 0 fully saturated rings. The van der Waals surface area contributed by atoms with Crippen LogP contribution in [0.15, 0.2) is 93.4 Å². The van der Waals surface area contributed by atoms with Crippen molar-refractivity contribution in [2.24, 2.45) is 21.6 Å². The summed E-state index contributed by atoms with van der Waals surface area (Å²) in [6, 6.07) is 13.3. The second kappa shape index (κ2) is 9.94. The van der Waals surface area contributed by atoms with Gasteiger partial charge in [-0.25, -0.2) is 27.7 Å². The molecule has 2 heterocycles. The molecule has 0 radical (unpaired) electrons. The molecule has 0 saturated carbocycles. The molecule has 1 atom stereocenters. The number of halogens is 4. The van der Waals surface area contributed by atoms with E-state index in [1.165, 1.54) is 48.7 Å². The normalized spacial score (nSPS) is 15.3. The van der Waals surface area contributed by atoms with Gasteiger partial charge in [0.05, 0.1) is 33.3 Å². The van der Waals surface area contributed by atoms with Crippen molar-refractivity contribution in [3.63, 3.8) is 0 Å². The first-order chi connectivity index (χ1) is 19.3. The number of benzene rings is 3. The Morgan fingerprint density at radius 3 is 2.37 bits per heavy atom. The van der Waals surface area contributed by atoms with Crippen LogP contribution in [0, 0.1) is 5.82 Å². The Labute approximate surface area is 229 Å². The number of amides is 2. The number of urea groups is 1. The monoisotopic (exact) mass is 588 g/mol. The molecular weight excluding hydrogens is 568 g/mol. The maximum atomic E-state index is 14.6. The van der Waals surface area contributed by atoms with Gasteiger partial charge >= 0.3 is 12.2 Å². The Bertz CT molecular complexity index is 1890. The number of anilines is 3. The average molecular weight is 589 g/mol. The van der Waals surface area contributed by atoms with Crippen LogP contribution in [0.2, 0.25) is 0 Å². The first-order valence-electron chi connectivity index (χ1n) is 11.6. The molecule has 4 aromatic rings. The third kappa shape index (κ3) is 5.19. The van der Waals surface area contributed by atoms with Gasteiger partial charge in [0.15, 0.2) is 6.17 Å². The zero-order valence-electron chi connectivity index (χ0n) is 20.7. The quantitative estimate of drug-likeness (QED) is 0.304. The minimum atomic E-state index is -4.79. The summed E-state index contributed by atoms with van der Waals surface area (Å²) in [5.41, 5.74) is 11.0. The maximum Gasteiger partial charge on any atom is 0.416 e. The largest absolute Gasteiger partial charge is 0.446 e. The summed E-state index contributed by atoms with van der Waals surface area (Å²) in [6.45, 7) is 0. The lowest BCUT2D eigenvalue weighted by Gasteiger charge is -2.33. The molecule has 3 aromatic carbocycles. The van der Waals surface area contributed by atoms with Crippen LogP contribution in [-0.2, 0) is 16.2 Å². The Balaban J connectivity index is 1.60. The number of furan rings is 1. The van der Waals surface area contributed by atoms with Crippen LogP contribution in [0.25, 0.3) is 5.82 Å². The van der Waals surface area contributed by atoms with E-state index in [0.717, 1.165) is 0 Å². The van der Waals surface area contributed by atoms with Crippen molar-refractivity contribution < 1.29 is 35.2 Å². The highest BCUT2D eigenvalue weighted by molar-refractivity contribution is 7.89. The summed E-state index contributed by atoms with van der Waals surface area (Å²) in [7, 11) is -4.05. The summed E-state index contributed by atoms with van der Waals surface area (Å²) in [4.78, 5) is 18.8. The number of nitrogens with zero attached hydrogens (tertiary/aromatic N) is 3. The van der Waals surface area contributed by atoms with Gasteiger partial charge in [0.25, 0.3) is 0 Å². The number of rotatable bonds is 5. The molecule has 2 amide bonds. The van der Waals surface area contributed by atoms with Crippen molar-refractivity contribution in [1.82, 2.24) is 0 Å². The van der Waals surface area contributed by atoms with Crippen LogP contribution in [-0.4, -0.2) is 14.4 Å². The van der Waals surface area contributed by atoms with Gasteiger partial charge in [-0.15, -0.1) is 0 Å². The Hall–Kier alpha value is -4.89. The summed E-state index contributed by atoms with van der Waals surface area (Å²) in [6.07, 6.45) is -4.35. The first kappa shape index (κ1) is 27.7. The predicted molar refractivity (Wildman–Crippen MR) is 140 cm³/mol. The van der Waals surface area contributed by atoms with E-state index in [1.54, 1.807) is 17.0 Å². The Morgan fingerprint density at radius 1 is 1.02 bits per heavy atom. The maximum absolute atomic E-state index is 14.6. The molecule has 10 nitrogen and oxygen atoms in total. The van der Waals surface area contributed by atoms with Gasteiger partial charge in [-0.1, -0.05) is 12.1 Å². The number of nitrogens with two attached hydrogens (primary N) is 3. The van der Waals surface area contributed by atoms with Gasteiger partial charge in [0.1, 0.15) is 11.6 Å². The Kier molecular flexibility index (Phi) is 6.71. The van der Waals surface area contributed by atoms with Crippen LogP contribution in [0.5, 0.6) is 0 Å². The minimum Gasteiger partial charge on any atom is -0.446 e. The molecule has 0 spiro atoms. The number of primary sulfonamides is 1. The van der Waals surface area contributed by atoms with E-state index in [-0.39, 0.29) is 22.0 Å². The van der Waals surface area contributed by atoms with Crippen molar-refractivity contribution in [3.8, 4) is 0 Å². The first-order valence-corrected chi connectivity index (χ1v) is 13.2. The topological polar surface area (TPSA) is 161 Å². The number of hydrogen-bond donors (Lipinski definition) is 3. The number of carbonyl (C=O) groups excluding carboxylic acids is 1. The molecule has 1 unspecified atom stereocenters. The SMILES string of the molecule is NC(=O)N(c1ccc(N2C(N)=c3ccoc3=NC2c2cccc(S(N)(=O)=O)c2)cc1)c1cc(C(F)(F)F)ccc1F. The number of alkyl halides is 3. The van der Waals surface area contributed by atoms with Crippen molar-refractivity contribution in [2.45, 2.75) is 17.2 Å². The van der Waals surface area contributed by atoms with Crippen LogP contribution in [0.3, 0.4) is 0 Å². The van der Waals surface area contributed by atoms with Gasteiger partial charge in [-0.05, 0) is 66.2 Å². The van der Waals surface area contributed by atoms with Gasteiger partial charge in [-0.3, -0.25) is 4.90 Å². The molecule has 0 bridgehead atoms. The number of sulfonamides is 1. The fraction of sp³-hybridized carbons (Fsp3) is 0.0769. The van der Waals surface area contributed by atoms with E-state index < -0.39 is 45.5 Å². The van der Waals surface area contributed by atoms with E-state index >= 15 is 0 Å². The van der Waals surface area contributed by atoms with E-state index in [4.69, 9.17) is 21.0 Å². The van der Waals surface area contributed by atoms with Crippen molar-refractivity contribution in [3.05, 3.63) is 107 Å². The number of hydrogen-bond acceptors (Lipinski definition) is 7. The summed E-state index contributed by atoms with van der Waals surface area (Å²) in [5.74, 6) is -0.922. The highest BCUT2D eigenvalue weighted by Gasteiger charge is 2.33. The summed E-state index contributed by atoms with van der Waals surface area (Å²) in [5, 5.41) is 5.74. The highest BCUT2D eigenvalue weighted by Crippen LogP contribution is 2.37. The minimum absolute atomic E-state index is 0.0382. The van der Waals surface area contributed by atoms with Crippen LogP contribution < -0.4 is 37.2 Å². The fourth-order valence-corrected chi connectivity index (χ4v) is 4.96. The molecule has 0 aliphatic carbocycles. The van der Waals surface area contributed by atoms with Gasteiger partial charge in [-0.2, -0.15) is 13.2 Å². The third-order valence-electron chi connectivity index (χ3n) is 6.27. The zero-order valence-corrected chi connectivity index (χ0v) is 21.5. The van der Waals surface area contributed by atoms with Gasteiger partial charge < -0.3 is 20.8 Å². The molecule has 1 aliphatic heterocycles. The lowest BCUT2D eigenvalue weighted by atomic mass is 10.1. The van der Waals surface area contributed by atoms with Crippen LogP contribution in [0.1, 0.15) is 17.3 Å². The number of carbonyl (C=O) groups is 1. The second-order valence-electron chi connectivity index (χ2n) is 8.87. The Morgan fingerprint density at radius 2 is 1.73 bits per heavy atom. The van der Waals surface area contributed by atoms with E-state index in [2.05, 4.69) is 4.99 Å². The molecular formula is C26H20F4N6O4S. The van der Waals surface area contributed by atoms with E-state index in [9.17, 15) is 30.8 Å². The molecule has 1 aromatic heterocycles. The zero-order chi connectivity index (χ0) is 29.7. The van der Waals surface area contributed by atoms with Crippen LogP contribution >= 0.6 is 0 Å². The molecule has 0 saturated heterocycles. The van der Waals surface area contributed by atoms with Gasteiger partial charge in [0.2, 0.25) is 15.6 Å². The van der Waals surface area contributed by atoms with Crippen molar-refractivity contribution >= 4 is 38.9 Å². The standard InChI is InChI=1S/C26H20F4N6O4S/c27-20-9-4-15(26(28,29)30)13-21(20)35(25(32)37)16-5-7-17(8-6-16)36-22(31)19-10-11-40-24(19)34-23(36)14-2-1-3-18(12-14)41(33,38)39/h1-13,23H,31H2,(H2,32,37)(H2,33,38,39). The lowest BCUT2D eigenvalue weighted by Crippen LogP contribution is -2.44. The van der Waals surface area contributed by atoms with E-state index in [1.807, 2.05) is 0 Å². The predicted octanol–water partition coefficient (Wildman–Crippen LogP) is 3.16. The van der Waals surface area contributed by atoms with Crippen LogP contribution in [0.4, 0.5) is 39.4 Å². The molecule has 212 valence electrons. The molecule has 1 aliphatic rings. The summed E-state index contributed by atoms with van der Waals surface area (Å²) >= 11 is 0. The molecule has 6 N–H and O–H groups in total. The van der Waals surface area contributed by atoms with Crippen molar-refractivity contribution in [1.29, 1.82) is 0 Å².